The van der Waals surface area contributed by atoms with Crippen LogP contribution >= 0.6 is 0 Å². The van der Waals surface area contributed by atoms with Gasteiger partial charge in [-0.1, -0.05) is 0 Å². The number of rotatable bonds is 4. The molecule has 2 heterocycles. The number of hydrogen-bond donors (Lipinski definition) is 1. The van der Waals surface area contributed by atoms with E-state index in [9.17, 15) is 0 Å². The van der Waals surface area contributed by atoms with E-state index in [0.717, 1.165) is 5.56 Å². The van der Waals surface area contributed by atoms with E-state index in [4.69, 9.17) is 19.9 Å². The van der Waals surface area contributed by atoms with Gasteiger partial charge in [-0.15, -0.1) is 5.10 Å². The summed E-state index contributed by atoms with van der Waals surface area (Å²) in [6.45, 7) is 2.29. The van der Waals surface area contributed by atoms with Gasteiger partial charge in [-0.05, 0) is 22.6 Å². The van der Waals surface area contributed by atoms with Gasteiger partial charge in [-0.3, -0.25) is 0 Å². The first-order chi connectivity index (χ1) is 10.3. The Hall–Kier alpha value is -2.19. The lowest BCUT2D eigenvalue weighted by Crippen LogP contribution is -2.32. The van der Waals surface area contributed by atoms with Crippen molar-refractivity contribution in [2.45, 2.75) is 12.6 Å². The van der Waals surface area contributed by atoms with Crippen LogP contribution in [-0.2, 0) is 16.0 Å². The molecule has 0 bridgehead atoms. The molecule has 1 aromatic carbocycles. The fraction of sp³-hybridized carbons (Fsp3) is 0.462. The molecule has 8 nitrogen and oxygen atoms in total. The van der Waals surface area contributed by atoms with Crippen LogP contribution < -0.4 is 10.5 Å². The van der Waals surface area contributed by atoms with E-state index in [1.54, 1.807) is 17.9 Å². The summed E-state index contributed by atoms with van der Waals surface area (Å²) in [4.78, 5) is 0. The van der Waals surface area contributed by atoms with Crippen molar-refractivity contribution in [2.24, 2.45) is 0 Å². The highest BCUT2D eigenvalue weighted by Crippen LogP contribution is 2.25. The van der Waals surface area contributed by atoms with Crippen molar-refractivity contribution in [3.8, 4) is 17.1 Å². The maximum atomic E-state index is 5.87. The summed E-state index contributed by atoms with van der Waals surface area (Å²) >= 11 is 0. The highest BCUT2D eigenvalue weighted by atomic mass is 16.6. The molecular weight excluding hydrogens is 274 g/mol. The van der Waals surface area contributed by atoms with Gasteiger partial charge in [0.2, 0.25) is 0 Å². The molecule has 0 radical (unpaired) electrons. The van der Waals surface area contributed by atoms with Crippen molar-refractivity contribution in [2.75, 3.05) is 32.7 Å². The van der Waals surface area contributed by atoms with E-state index >= 15 is 0 Å². The summed E-state index contributed by atoms with van der Waals surface area (Å²) in [5.41, 5.74) is 7.27. The molecule has 2 N–H and O–H groups in total. The monoisotopic (exact) mass is 291 g/mol. The average Bonchev–Trinajstić information content (AvgIpc) is 2.96. The molecule has 8 heteroatoms. The van der Waals surface area contributed by atoms with Crippen molar-refractivity contribution in [3.63, 3.8) is 0 Å². The summed E-state index contributed by atoms with van der Waals surface area (Å²) in [5.74, 6) is 1.28. The molecule has 1 aliphatic heterocycles. The first-order valence-electron chi connectivity index (χ1n) is 6.66. The molecule has 0 saturated carbocycles. The number of anilines is 1. The second-order valence-corrected chi connectivity index (χ2v) is 4.75. The number of aromatic nitrogens is 4. The van der Waals surface area contributed by atoms with Crippen molar-refractivity contribution in [3.05, 3.63) is 18.2 Å². The molecule has 0 amide bonds. The van der Waals surface area contributed by atoms with Gasteiger partial charge in [0.05, 0.1) is 33.5 Å². The Labute approximate surface area is 121 Å². The first kappa shape index (κ1) is 13.8. The van der Waals surface area contributed by atoms with Crippen LogP contribution in [0.3, 0.4) is 0 Å². The van der Waals surface area contributed by atoms with Crippen LogP contribution in [0, 0.1) is 0 Å². The third-order valence-corrected chi connectivity index (χ3v) is 3.22. The van der Waals surface area contributed by atoms with Gasteiger partial charge in [-0.25, -0.2) is 4.68 Å². The van der Waals surface area contributed by atoms with E-state index in [-0.39, 0.29) is 6.10 Å². The van der Waals surface area contributed by atoms with Crippen LogP contribution in [0.4, 0.5) is 5.69 Å². The van der Waals surface area contributed by atoms with Crippen molar-refractivity contribution >= 4 is 5.69 Å². The van der Waals surface area contributed by atoms with Crippen LogP contribution in [0.5, 0.6) is 5.75 Å². The number of nitrogens with two attached hydrogens (primary N) is 1. The third kappa shape index (κ3) is 3.11. The van der Waals surface area contributed by atoms with Gasteiger partial charge in [-0.2, -0.15) is 0 Å². The predicted octanol–water partition coefficient (Wildman–Crippen LogP) is 0.346. The summed E-state index contributed by atoms with van der Waals surface area (Å²) in [6.07, 6.45) is -0.0519. The lowest BCUT2D eigenvalue weighted by Gasteiger charge is -2.22. The summed E-state index contributed by atoms with van der Waals surface area (Å²) in [7, 11) is 1.59. The van der Waals surface area contributed by atoms with Crippen LogP contribution in [0.25, 0.3) is 11.4 Å². The van der Waals surface area contributed by atoms with Gasteiger partial charge in [0.25, 0.3) is 0 Å². The lowest BCUT2D eigenvalue weighted by atomic mass is 10.1. The minimum atomic E-state index is -0.0519. The van der Waals surface area contributed by atoms with Gasteiger partial charge >= 0.3 is 0 Å². The maximum Gasteiger partial charge on any atom is 0.182 e. The molecule has 2 aromatic rings. The lowest BCUT2D eigenvalue weighted by molar-refractivity contribution is -0.0946. The minimum absolute atomic E-state index is 0.0519. The number of benzene rings is 1. The van der Waals surface area contributed by atoms with E-state index < -0.39 is 0 Å². The molecule has 0 aliphatic carbocycles. The normalized spacial score (nSPS) is 18.6. The predicted molar refractivity (Wildman–Crippen MR) is 74.8 cm³/mol. The SMILES string of the molecule is COc1cc(N)cc(-c2nnnn2CC2COCCO2)c1. The number of hydrogen-bond acceptors (Lipinski definition) is 7. The minimum Gasteiger partial charge on any atom is -0.497 e. The third-order valence-electron chi connectivity index (χ3n) is 3.22. The Bertz CT molecular complexity index is 610. The zero-order valence-electron chi connectivity index (χ0n) is 11.7. The molecule has 0 spiro atoms. The number of ether oxygens (including phenoxy) is 3. The zero-order chi connectivity index (χ0) is 14.7. The molecule has 1 atom stereocenters. The molecule has 1 aromatic heterocycles. The van der Waals surface area contributed by atoms with Crippen molar-refractivity contribution in [1.82, 2.24) is 20.2 Å². The van der Waals surface area contributed by atoms with Gasteiger partial charge < -0.3 is 19.9 Å². The zero-order valence-corrected chi connectivity index (χ0v) is 11.7. The topological polar surface area (TPSA) is 97.3 Å². The van der Waals surface area contributed by atoms with E-state index in [1.165, 1.54) is 0 Å². The Kier molecular flexibility index (Phi) is 3.98. The van der Waals surface area contributed by atoms with E-state index in [2.05, 4.69) is 15.5 Å². The summed E-state index contributed by atoms with van der Waals surface area (Å²) < 4.78 is 17.9. The molecular formula is C13H17N5O3. The fourth-order valence-electron chi connectivity index (χ4n) is 2.24. The van der Waals surface area contributed by atoms with Crippen LogP contribution in [0.2, 0.25) is 0 Å². The van der Waals surface area contributed by atoms with E-state index in [0.29, 0.717) is 43.6 Å². The smallest absolute Gasteiger partial charge is 0.182 e. The molecule has 112 valence electrons. The molecule has 21 heavy (non-hydrogen) atoms. The maximum absolute atomic E-state index is 5.87. The van der Waals surface area contributed by atoms with E-state index in [1.807, 2.05) is 12.1 Å². The second kappa shape index (κ2) is 6.06. The molecule has 1 aliphatic rings. The van der Waals surface area contributed by atoms with Crippen LogP contribution in [0.1, 0.15) is 0 Å². The highest BCUT2D eigenvalue weighted by Gasteiger charge is 2.19. The number of nitrogens with zero attached hydrogens (tertiary/aromatic N) is 4. The number of methoxy groups -OCH3 is 1. The Morgan fingerprint density at radius 3 is 3.05 bits per heavy atom. The summed E-state index contributed by atoms with van der Waals surface area (Å²) in [5, 5.41) is 11.8. The van der Waals surface area contributed by atoms with Crippen LogP contribution in [-0.4, -0.2) is 53.2 Å². The van der Waals surface area contributed by atoms with Gasteiger partial charge in [0.15, 0.2) is 5.82 Å². The van der Waals surface area contributed by atoms with Crippen molar-refractivity contribution < 1.29 is 14.2 Å². The summed E-state index contributed by atoms with van der Waals surface area (Å²) in [6, 6.07) is 5.40. The standard InChI is InChI=1S/C13H17N5O3/c1-19-11-5-9(4-10(14)6-11)13-15-16-17-18(13)7-12-8-20-2-3-21-12/h4-6,12H,2-3,7-8,14H2,1H3. The Balaban J connectivity index is 1.86. The molecule has 1 saturated heterocycles. The average molecular weight is 291 g/mol. The fourth-order valence-corrected chi connectivity index (χ4v) is 2.24. The molecule has 1 unspecified atom stereocenters. The highest BCUT2D eigenvalue weighted by molar-refractivity contribution is 5.64. The van der Waals surface area contributed by atoms with Crippen LogP contribution in [0.15, 0.2) is 18.2 Å². The second-order valence-electron chi connectivity index (χ2n) is 4.75. The quantitative estimate of drug-likeness (QED) is 0.811. The Morgan fingerprint density at radius 2 is 2.29 bits per heavy atom. The molecule has 1 fully saturated rings. The van der Waals surface area contributed by atoms with Crippen molar-refractivity contribution in [1.29, 1.82) is 0 Å². The van der Waals surface area contributed by atoms with Gasteiger partial charge in [0, 0.05) is 17.3 Å². The Morgan fingerprint density at radius 1 is 1.38 bits per heavy atom. The number of nitrogen functional groups attached to an aromatic ring is 1. The first-order valence-corrected chi connectivity index (χ1v) is 6.66. The number of tetrazole rings is 1. The molecule has 3 rings (SSSR count). The van der Waals surface area contributed by atoms with Gasteiger partial charge in [0.1, 0.15) is 11.9 Å². The largest absolute Gasteiger partial charge is 0.497 e.